The van der Waals surface area contributed by atoms with E-state index in [-0.39, 0.29) is 23.8 Å². The molecule has 0 aromatic heterocycles. The van der Waals surface area contributed by atoms with Gasteiger partial charge in [0.2, 0.25) is 5.91 Å². The molecule has 2 N–H and O–H groups in total. The second-order valence-corrected chi connectivity index (χ2v) is 7.43. The SMILES string of the molecule is N[C@@H]1CCN(C(=O)C2CCN(C(=O)c3cccc4ccccc34)CC2)C1. The molecule has 2 fully saturated rings. The molecule has 136 valence electrons. The Balaban J connectivity index is 1.43. The summed E-state index contributed by atoms with van der Waals surface area (Å²) in [7, 11) is 0. The molecule has 0 bridgehead atoms. The molecule has 0 unspecified atom stereocenters. The molecule has 2 aliphatic rings. The summed E-state index contributed by atoms with van der Waals surface area (Å²) in [6.07, 6.45) is 2.37. The van der Waals surface area contributed by atoms with Gasteiger partial charge < -0.3 is 15.5 Å². The van der Waals surface area contributed by atoms with E-state index in [0.717, 1.165) is 42.1 Å². The molecule has 2 heterocycles. The predicted molar refractivity (Wildman–Crippen MR) is 102 cm³/mol. The molecular formula is C21H25N3O2. The van der Waals surface area contributed by atoms with Gasteiger partial charge in [-0.05, 0) is 36.1 Å². The van der Waals surface area contributed by atoms with Gasteiger partial charge in [0.05, 0.1) is 0 Å². The Morgan fingerprint density at radius 1 is 0.885 bits per heavy atom. The maximum atomic E-state index is 13.0. The first-order valence-corrected chi connectivity index (χ1v) is 9.45. The Morgan fingerprint density at radius 2 is 1.58 bits per heavy atom. The Labute approximate surface area is 153 Å². The summed E-state index contributed by atoms with van der Waals surface area (Å²) in [5.41, 5.74) is 6.67. The number of amides is 2. The first-order valence-electron chi connectivity index (χ1n) is 9.45. The number of carbonyl (C=O) groups is 2. The van der Waals surface area contributed by atoms with Crippen LogP contribution in [0.1, 0.15) is 29.6 Å². The Morgan fingerprint density at radius 3 is 2.31 bits per heavy atom. The Kier molecular flexibility index (Phi) is 4.64. The van der Waals surface area contributed by atoms with Crippen LogP contribution < -0.4 is 5.73 Å². The van der Waals surface area contributed by atoms with Crippen molar-refractivity contribution in [1.82, 2.24) is 9.80 Å². The average molecular weight is 351 g/mol. The third-order valence-electron chi connectivity index (χ3n) is 5.69. The number of fused-ring (bicyclic) bond motifs is 1. The molecule has 2 aromatic carbocycles. The van der Waals surface area contributed by atoms with Crippen molar-refractivity contribution in [3.63, 3.8) is 0 Å². The van der Waals surface area contributed by atoms with Crippen LogP contribution in [0.2, 0.25) is 0 Å². The summed E-state index contributed by atoms with van der Waals surface area (Å²) in [5.74, 6) is 0.308. The van der Waals surface area contributed by atoms with E-state index in [1.165, 1.54) is 0 Å². The highest BCUT2D eigenvalue weighted by Crippen LogP contribution is 2.25. The minimum atomic E-state index is 0.0249. The summed E-state index contributed by atoms with van der Waals surface area (Å²) in [4.78, 5) is 29.4. The van der Waals surface area contributed by atoms with Gasteiger partial charge in [0.25, 0.3) is 5.91 Å². The number of carbonyl (C=O) groups excluding carboxylic acids is 2. The second-order valence-electron chi connectivity index (χ2n) is 7.43. The summed E-state index contributed by atoms with van der Waals surface area (Å²) in [6.45, 7) is 2.72. The lowest BCUT2D eigenvalue weighted by molar-refractivity contribution is -0.135. The number of hydrogen-bond acceptors (Lipinski definition) is 3. The zero-order chi connectivity index (χ0) is 18.1. The van der Waals surface area contributed by atoms with Crippen molar-refractivity contribution in [3.8, 4) is 0 Å². The van der Waals surface area contributed by atoms with E-state index >= 15 is 0 Å². The predicted octanol–water partition coefficient (Wildman–Crippen LogP) is 2.25. The Hall–Kier alpha value is -2.40. The van der Waals surface area contributed by atoms with E-state index in [2.05, 4.69) is 0 Å². The van der Waals surface area contributed by atoms with Gasteiger partial charge in [-0.1, -0.05) is 36.4 Å². The summed E-state index contributed by atoms with van der Waals surface area (Å²) in [6, 6.07) is 13.9. The fourth-order valence-corrected chi connectivity index (χ4v) is 4.16. The monoisotopic (exact) mass is 351 g/mol. The molecule has 0 aliphatic carbocycles. The quantitative estimate of drug-likeness (QED) is 0.902. The van der Waals surface area contributed by atoms with Crippen LogP contribution in [0.4, 0.5) is 0 Å². The molecule has 0 saturated carbocycles. The number of nitrogens with zero attached hydrogens (tertiary/aromatic N) is 2. The number of benzene rings is 2. The minimum absolute atomic E-state index is 0.0249. The molecule has 26 heavy (non-hydrogen) atoms. The van der Waals surface area contributed by atoms with Crippen molar-refractivity contribution < 1.29 is 9.59 Å². The lowest BCUT2D eigenvalue weighted by Crippen LogP contribution is -2.44. The van der Waals surface area contributed by atoms with Crippen LogP contribution in [0.5, 0.6) is 0 Å². The van der Waals surface area contributed by atoms with Crippen LogP contribution in [-0.2, 0) is 4.79 Å². The lowest BCUT2D eigenvalue weighted by atomic mass is 9.94. The van der Waals surface area contributed by atoms with Crippen molar-refractivity contribution in [1.29, 1.82) is 0 Å². The van der Waals surface area contributed by atoms with Crippen molar-refractivity contribution in [2.75, 3.05) is 26.2 Å². The summed E-state index contributed by atoms with van der Waals surface area (Å²) < 4.78 is 0. The number of piperidine rings is 1. The average Bonchev–Trinajstić information content (AvgIpc) is 3.13. The largest absolute Gasteiger partial charge is 0.341 e. The van der Waals surface area contributed by atoms with E-state index in [1.807, 2.05) is 52.3 Å². The molecule has 2 saturated heterocycles. The van der Waals surface area contributed by atoms with E-state index in [0.29, 0.717) is 19.6 Å². The molecule has 2 amide bonds. The van der Waals surface area contributed by atoms with E-state index in [4.69, 9.17) is 5.73 Å². The first-order chi connectivity index (χ1) is 12.6. The van der Waals surface area contributed by atoms with Gasteiger partial charge in [0, 0.05) is 43.7 Å². The summed E-state index contributed by atoms with van der Waals surface area (Å²) in [5, 5.41) is 2.07. The number of rotatable bonds is 2. The van der Waals surface area contributed by atoms with E-state index < -0.39 is 0 Å². The molecule has 2 aromatic rings. The maximum absolute atomic E-state index is 13.0. The second kappa shape index (κ2) is 7.08. The van der Waals surface area contributed by atoms with Crippen LogP contribution in [0.25, 0.3) is 10.8 Å². The molecule has 5 nitrogen and oxygen atoms in total. The van der Waals surface area contributed by atoms with Crippen LogP contribution in [0, 0.1) is 5.92 Å². The van der Waals surface area contributed by atoms with Gasteiger partial charge in [-0.2, -0.15) is 0 Å². The molecule has 4 rings (SSSR count). The molecule has 0 spiro atoms. The summed E-state index contributed by atoms with van der Waals surface area (Å²) >= 11 is 0. The zero-order valence-corrected chi connectivity index (χ0v) is 14.9. The smallest absolute Gasteiger partial charge is 0.254 e. The van der Waals surface area contributed by atoms with Crippen molar-refractivity contribution >= 4 is 22.6 Å². The van der Waals surface area contributed by atoms with E-state index in [9.17, 15) is 9.59 Å². The Bertz CT molecular complexity index is 822. The maximum Gasteiger partial charge on any atom is 0.254 e. The van der Waals surface area contributed by atoms with Crippen LogP contribution >= 0.6 is 0 Å². The van der Waals surface area contributed by atoms with Crippen LogP contribution in [-0.4, -0.2) is 53.8 Å². The van der Waals surface area contributed by atoms with Gasteiger partial charge >= 0.3 is 0 Å². The van der Waals surface area contributed by atoms with Crippen molar-refractivity contribution in [3.05, 3.63) is 48.0 Å². The normalized spacial score (nSPS) is 21.3. The molecule has 2 aliphatic heterocycles. The van der Waals surface area contributed by atoms with Crippen LogP contribution in [0.3, 0.4) is 0 Å². The fraction of sp³-hybridized carbons (Fsp3) is 0.429. The first kappa shape index (κ1) is 17.0. The molecule has 1 atom stereocenters. The van der Waals surface area contributed by atoms with Gasteiger partial charge in [-0.15, -0.1) is 0 Å². The third-order valence-corrected chi connectivity index (χ3v) is 5.69. The number of nitrogens with two attached hydrogens (primary N) is 1. The zero-order valence-electron chi connectivity index (χ0n) is 14.9. The molecular weight excluding hydrogens is 326 g/mol. The third kappa shape index (κ3) is 3.19. The highest BCUT2D eigenvalue weighted by Gasteiger charge is 2.33. The van der Waals surface area contributed by atoms with E-state index in [1.54, 1.807) is 0 Å². The minimum Gasteiger partial charge on any atom is -0.341 e. The topological polar surface area (TPSA) is 66.6 Å². The lowest BCUT2D eigenvalue weighted by Gasteiger charge is -2.33. The highest BCUT2D eigenvalue weighted by molar-refractivity contribution is 6.07. The molecule has 0 radical (unpaired) electrons. The van der Waals surface area contributed by atoms with Gasteiger partial charge in [0.15, 0.2) is 0 Å². The molecule has 5 heteroatoms. The van der Waals surface area contributed by atoms with Gasteiger partial charge in [-0.3, -0.25) is 9.59 Å². The fourth-order valence-electron chi connectivity index (χ4n) is 4.16. The number of likely N-dealkylation sites (tertiary alicyclic amines) is 2. The highest BCUT2D eigenvalue weighted by atomic mass is 16.2. The van der Waals surface area contributed by atoms with Crippen molar-refractivity contribution in [2.45, 2.75) is 25.3 Å². The van der Waals surface area contributed by atoms with Gasteiger partial charge in [0.1, 0.15) is 0 Å². The number of hydrogen-bond donors (Lipinski definition) is 1. The van der Waals surface area contributed by atoms with Crippen molar-refractivity contribution in [2.24, 2.45) is 11.7 Å². The van der Waals surface area contributed by atoms with Crippen LogP contribution in [0.15, 0.2) is 42.5 Å². The standard InChI is InChI=1S/C21H25N3O2/c22-17-10-13-24(14-17)20(25)16-8-11-23(12-9-16)21(26)19-7-3-5-15-4-1-2-6-18(15)19/h1-7,16-17H,8-14,22H2/t17-/m1/s1. The van der Waals surface area contributed by atoms with Gasteiger partial charge in [-0.25, -0.2) is 0 Å².